The summed E-state index contributed by atoms with van der Waals surface area (Å²) in [5.41, 5.74) is 2.64. The standard InChI is InChI=1S/C17H28N2O3S/c1-6-8-16(20)18-11-12-19(23(5,21)22)17-14(4)9-7-10-15(17)13(2)3/h7,9-10,13H,6,8,11-12H2,1-5H3,(H,18,20). The zero-order valence-corrected chi connectivity index (χ0v) is 15.5. The van der Waals surface area contributed by atoms with E-state index in [0.29, 0.717) is 13.0 Å². The maximum absolute atomic E-state index is 12.3. The third-order valence-corrected chi connectivity index (χ3v) is 4.82. The molecule has 23 heavy (non-hydrogen) atoms. The number of anilines is 1. The fourth-order valence-corrected chi connectivity index (χ4v) is 3.55. The van der Waals surface area contributed by atoms with E-state index >= 15 is 0 Å². The number of nitrogens with one attached hydrogen (secondary N) is 1. The molecule has 1 amide bonds. The minimum atomic E-state index is -3.42. The van der Waals surface area contributed by atoms with Crippen LogP contribution in [0.4, 0.5) is 5.69 Å². The Hall–Kier alpha value is -1.56. The summed E-state index contributed by atoms with van der Waals surface area (Å²) in [6.45, 7) is 8.47. The predicted molar refractivity (Wildman–Crippen MR) is 95.4 cm³/mol. The smallest absolute Gasteiger partial charge is 0.232 e. The Morgan fingerprint density at radius 1 is 1.30 bits per heavy atom. The zero-order valence-electron chi connectivity index (χ0n) is 14.7. The Labute approximate surface area is 140 Å². The number of sulfonamides is 1. The molecule has 0 aliphatic carbocycles. The minimum Gasteiger partial charge on any atom is -0.354 e. The average Bonchev–Trinajstić information content (AvgIpc) is 2.43. The zero-order chi connectivity index (χ0) is 17.6. The first-order valence-electron chi connectivity index (χ1n) is 8.02. The van der Waals surface area contributed by atoms with E-state index in [2.05, 4.69) is 5.32 Å². The molecule has 0 unspecified atom stereocenters. The first kappa shape index (κ1) is 19.5. The van der Waals surface area contributed by atoms with Gasteiger partial charge < -0.3 is 5.32 Å². The van der Waals surface area contributed by atoms with Crippen LogP contribution in [0.2, 0.25) is 0 Å². The largest absolute Gasteiger partial charge is 0.354 e. The third-order valence-electron chi connectivity index (χ3n) is 3.65. The lowest BCUT2D eigenvalue weighted by Crippen LogP contribution is -2.39. The van der Waals surface area contributed by atoms with Crippen LogP contribution in [0.15, 0.2) is 18.2 Å². The van der Waals surface area contributed by atoms with Crippen LogP contribution >= 0.6 is 0 Å². The van der Waals surface area contributed by atoms with Crippen LogP contribution < -0.4 is 9.62 Å². The number of nitrogens with zero attached hydrogens (tertiary/aromatic N) is 1. The van der Waals surface area contributed by atoms with Gasteiger partial charge in [0.15, 0.2) is 0 Å². The maximum atomic E-state index is 12.3. The van der Waals surface area contributed by atoms with Crippen molar-refractivity contribution in [3.8, 4) is 0 Å². The topological polar surface area (TPSA) is 66.5 Å². The lowest BCUT2D eigenvalue weighted by Gasteiger charge is -2.28. The molecule has 1 aromatic rings. The van der Waals surface area contributed by atoms with Crippen LogP contribution in [-0.4, -0.2) is 33.7 Å². The molecule has 1 aromatic carbocycles. The first-order chi connectivity index (χ1) is 10.7. The molecule has 1 rings (SSSR count). The molecule has 0 aliphatic rings. The van der Waals surface area contributed by atoms with E-state index in [0.717, 1.165) is 23.2 Å². The van der Waals surface area contributed by atoms with Crippen molar-refractivity contribution in [2.75, 3.05) is 23.7 Å². The number of benzene rings is 1. The molecule has 0 fully saturated rings. The van der Waals surface area contributed by atoms with Crippen LogP contribution in [-0.2, 0) is 14.8 Å². The number of carbonyl (C=O) groups is 1. The molecule has 6 heteroatoms. The highest BCUT2D eigenvalue weighted by Crippen LogP contribution is 2.32. The van der Waals surface area contributed by atoms with Crippen molar-refractivity contribution in [2.24, 2.45) is 0 Å². The van der Waals surface area contributed by atoms with E-state index < -0.39 is 10.0 Å². The van der Waals surface area contributed by atoms with E-state index in [1.54, 1.807) is 0 Å². The lowest BCUT2D eigenvalue weighted by atomic mass is 9.98. The van der Waals surface area contributed by atoms with Gasteiger partial charge in [-0.3, -0.25) is 9.10 Å². The molecule has 0 heterocycles. The van der Waals surface area contributed by atoms with Gasteiger partial charge in [-0.2, -0.15) is 0 Å². The van der Waals surface area contributed by atoms with E-state index in [1.165, 1.54) is 10.6 Å². The number of amides is 1. The number of hydrogen-bond acceptors (Lipinski definition) is 3. The van der Waals surface area contributed by atoms with Crippen molar-refractivity contribution in [3.63, 3.8) is 0 Å². The quantitative estimate of drug-likeness (QED) is 0.791. The monoisotopic (exact) mass is 340 g/mol. The van der Waals surface area contributed by atoms with Crippen molar-refractivity contribution >= 4 is 21.6 Å². The summed E-state index contributed by atoms with van der Waals surface area (Å²) in [7, 11) is -3.42. The van der Waals surface area contributed by atoms with Crippen molar-refractivity contribution in [3.05, 3.63) is 29.3 Å². The van der Waals surface area contributed by atoms with Crippen LogP contribution in [0.5, 0.6) is 0 Å². The van der Waals surface area contributed by atoms with Crippen LogP contribution in [0.1, 0.15) is 50.7 Å². The van der Waals surface area contributed by atoms with E-state index in [9.17, 15) is 13.2 Å². The highest BCUT2D eigenvalue weighted by Gasteiger charge is 2.23. The van der Waals surface area contributed by atoms with Gasteiger partial charge in [-0.05, 0) is 30.4 Å². The average molecular weight is 340 g/mol. The summed E-state index contributed by atoms with van der Waals surface area (Å²) >= 11 is 0. The van der Waals surface area contributed by atoms with Gasteiger partial charge in [-0.15, -0.1) is 0 Å². The summed E-state index contributed by atoms with van der Waals surface area (Å²) < 4.78 is 26.0. The SMILES string of the molecule is CCCC(=O)NCCN(c1c(C)cccc1C(C)C)S(C)(=O)=O. The molecule has 5 nitrogen and oxygen atoms in total. The molecule has 0 saturated heterocycles. The summed E-state index contributed by atoms with van der Waals surface area (Å²) in [6.07, 6.45) is 2.44. The molecular formula is C17H28N2O3S. The number of hydrogen-bond donors (Lipinski definition) is 1. The number of aryl methyl sites for hydroxylation is 1. The second-order valence-electron chi connectivity index (χ2n) is 6.10. The Morgan fingerprint density at radius 3 is 2.48 bits per heavy atom. The number of carbonyl (C=O) groups excluding carboxylic acids is 1. The van der Waals surface area contributed by atoms with E-state index in [-0.39, 0.29) is 18.4 Å². The summed E-state index contributed by atoms with van der Waals surface area (Å²) in [5.74, 6) is 0.165. The molecule has 0 spiro atoms. The highest BCUT2D eigenvalue weighted by molar-refractivity contribution is 7.92. The van der Waals surface area contributed by atoms with Crippen LogP contribution in [0.3, 0.4) is 0 Å². The number of para-hydroxylation sites is 1. The summed E-state index contributed by atoms with van der Waals surface area (Å²) in [6, 6.07) is 5.81. The van der Waals surface area contributed by atoms with Gasteiger partial charge in [0.05, 0.1) is 18.5 Å². The molecule has 0 aromatic heterocycles. The van der Waals surface area contributed by atoms with Crippen molar-refractivity contribution in [1.82, 2.24) is 5.32 Å². The Morgan fingerprint density at radius 2 is 1.96 bits per heavy atom. The molecular weight excluding hydrogens is 312 g/mol. The van der Waals surface area contributed by atoms with Gasteiger partial charge in [-0.1, -0.05) is 39.0 Å². The van der Waals surface area contributed by atoms with Gasteiger partial charge in [0.1, 0.15) is 0 Å². The third kappa shape index (κ3) is 5.53. The fraction of sp³-hybridized carbons (Fsp3) is 0.588. The minimum absolute atomic E-state index is 0.0465. The second kappa shape index (κ2) is 8.34. The van der Waals surface area contributed by atoms with Gasteiger partial charge >= 0.3 is 0 Å². The van der Waals surface area contributed by atoms with Gasteiger partial charge in [0, 0.05) is 13.0 Å². The Bertz CT molecular complexity index is 639. The Balaban J connectivity index is 3.08. The lowest BCUT2D eigenvalue weighted by molar-refractivity contribution is -0.121. The maximum Gasteiger partial charge on any atom is 0.232 e. The van der Waals surface area contributed by atoms with Crippen molar-refractivity contribution in [2.45, 2.75) is 46.5 Å². The number of rotatable bonds is 8. The Kier molecular flexibility index (Phi) is 7.06. The van der Waals surface area contributed by atoms with Gasteiger partial charge in [0.25, 0.3) is 0 Å². The predicted octanol–water partition coefficient (Wildman–Crippen LogP) is 2.80. The molecule has 0 saturated carbocycles. The summed E-state index contributed by atoms with van der Waals surface area (Å²) in [5, 5.41) is 2.78. The van der Waals surface area contributed by atoms with Gasteiger partial charge in [0.2, 0.25) is 15.9 Å². The molecule has 130 valence electrons. The normalized spacial score (nSPS) is 11.6. The molecule has 0 bridgehead atoms. The van der Waals surface area contributed by atoms with Crippen LogP contribution in [0, 0.1) is 6.92 Å². The summed E-state index contributed by atoms with van der Waals surface area (Å²) in [4.78, 5) is 11.6. The van der Waals surface area contributed by atoms with Crippen LogP contribution in [0.25, 0.3) is 0 Å². The van der Waals surface area contributed by atoms with Crippen molar-refractivity contribution in [1.29, 1.82) is 0 Å². The molecule has 0 atom stereocenters. The van der Waals surface area contributed by atoms with Gasteiger partial charge in [-0.25, -0.2) is 8.42 Å². The van der Waals surface area contributed by atoms with Crippen molar-refractivity contribution < 1.29 is 13.2 Å². The van der Waals surface area contributed by atoms with E-state index in [4.69, 9.17) is 0 Å². The molecule has 1 N–H and O–H groups in total. The highest BCUT2D eigenvalue weighted by atomic mass is 32.2. The second-order valence-corrected chi connectivity index (χ2v) is 8.01. The molecule has 0 radical (unpaired) electrons. The first-order valence-corrected chi connectivity index (χ1v) is 9.87. The van der Waals surface area contributed by atoms with E-state index in [1.807, 2.05) is 45.9 Å². The molecule has 0 aliphatic heterocycles. The fourth-order valence-electron chi connectivity index (χ4n) is 2.54.